The lowest BCUT2D eigenvalue weighted by atomic mass is 10.1. The highest BCUT2D eigenvalue weighted by Gasteiger charge is 2.08. The molecule has 0 aliphatic rings. The number of aldehydes is 1. The predicted molar refractivity (Wildman–Crippen MR) is 84.2 cm³/mol. The first kappa shape index (κ1) is 13.4. The number of methoxy groups -OCH3 is 1. The van der Waals surface area contributed by atoms with Gasteiger partial charge in [0, 0.05) is 28.2 Å². The van der Waals surface area contributed by atoms with Crippen LogP contribution in [0.3, 0.4) is 0 Å². The summed E-state index contributed by atoms with van der Waals surface area (Å²) in [5, 5.41) is 0.985. The van der Waals surface area contributed by atoms with Crippen molar-refractivity contribution in [3.05, 3.63) is 65.4 Å². The lowest BCUT2D eigenvalue weighted by molar-refractivity contribution is 0.112. The summed E-state index contributed by atoms with van der Waals surface area (Å²) in [6, 6.07) is 13.9. The van der Waals surface area contributed by atoms with Crippen molar-refractivity contribution in [1.82, 2.24) is 4.57 Å². The molecule has 0 atom stereocenters. The molecule has 2 aromatic carbocycles. The third-order valence-electron chi connectivity index (χ3n) is 3.75. The Morgan fingerprint density at radius 3 is 2.81 bits per heavy atom. The van der Waals surface area contributed by atoms with E-state index >= 15 is 0 Å². The molecule has 0 radical (unpaired) electrons. The fourth-order valence-electron chi connectivity index (χ4n) is 2.70. The molecule has 106 valence electrons. The monoisotopic (exact) mass is 279 g/mol. The Hall–Kier alpha value is -2.55. The first-order valence-electron chi connectivity index (χ1n) is 6.89. The topological polar surface area (TPSA) is 31.2 Å². The Morgan fingerprint density at radius 1 is 1.19 bits per heavy atom. The third-order valence-corrected chi connectivity index (χ3v) is 3.75. The van der Waals surface area contributed by atoms with Crippen molar-refractivity contribution in [3.8, 4) is 5.75 Å². The Morgan fingerprint density at radius 2 is 2.05 bits per heavy atom. The van der Waals surface area contributed by atoms with Gasteiger partial charge in [-0.25, -0.2) is 0 Å². The maximum atomic E-state index is 11.1. The van der Waals surface area contributed by atoms with Crippen LogP contribution >= 0.6 is 0 Å². The Balaban J connectivity index is 2.07. The molecule has 3 nitrogen and oxygen atoms in total. The maximum Gasteiger partial charge on any atom is 0.150 e. The number of fused-ring (bicyclic) bond motifs is 1. The molecule has 3 aromatic rings. The highest BCUT2D eigenvalue weighted by Crippen LogP contribution is 2.24. The van der Waals surface area contributed by atoms with Gasteiger partial charge in [0.05, 0.1) is 13.7 Å². The van der Waals surface area contributed by atoms with E-state index in [0.717, 1.165) is 40.6 Å². The number of benzene rings is 2. The lowest BCUT2D eigenvalue weighted by Crippen LogP contribution is -2.01. The highest BCUT2D eigenvalue weighted by atomic mass is 16.5. The second-order valence-electron chi connectivity index (χ2n) is 5.16. The summed E-state index contributed by atoms with van der Waals surface area (Å²) in [5.41, 5.74) is 4.12. The number of nitrogens with zero attached hydrogens (tertiary/aromatic N) is 1. The van der Waals surface area contributed by atoms with E-state index in [9.17, 15) is 4.79 Å². The number of ether oxygens (including phenoxy) is 1. The van der Waals surface area contributed by atoms with E-state index in [1.54, 1.807) is 7.11 Å². The van der Waals surface area contributed by atoms with Crippen LogP contribution in [0.4, 0.5) is 0 Å². The van der Waals surface area contributed by atoms with Crippen LogP contribution in [0.25, 0.3) is 10.9 Å². The number of aryl methyl sites for hydroxylation is 1. The second-order valence-corrected chi connectivity index (χ2v) is 5.16. The number of aromatic nitrogens is 1. The summed E-state index contributed by atoms with van der Waals surface area (Å²) < 4.78 is 7.58. The molecule has 1 heterocycles. The summed E-state index contributed by atoms with van der Waals surface area (Å²) in [6.45, 7) is 2.79. The molecule has 21 heavy (non-hydrogen) atoms. The zero-order valence-electron chi connectivity index (χ0n) is 12.2. The van der Waals surface area contributed by atoms with Crippen LogP contribution in [-0.4, -0.2) is 18.0 Å². The summed E-state index contributed by atoms with van der Waals surface area (Å²) >= 11 is 0. The van der Waals surface area contributed by atoms with Crippen molar-refractivity contribution in [1.29, 1.82) is 0 Å². The minimum Gasteiger partial charge on any atom is -0.496 e. The van der Waals surface area contributed by atoms with Gasteiger partial charge in [-0.05, 0) is 25.1 Å². The van der Waals surface area contributed by atoms with E-state index in [0.29, 0.717) is 0 Å². The largest absolute Gasteiger partial charge is 0.496 e. The van der Waals surface area contributed by atoms with Gasteiger partial charge in [0.1, 0.15) is 5.75 Å². The molecule has 0 aliphatic heterocycles. The fourth-order valence-corrected chi connectivity index (χ4v) is 2.70. The van der Waals surface area contributed by atoms with Gasteiger partial charge < -0.3 is 9.30 Å². The Kier molecular flexibility index (Phi) is 3.48. The van der Waals surface area contributed by atoms with Gasteiger partial charge in [0.15, 0.2) is 6.29 Å². The quantitative estimate of drug-likeness (QED) is 0.680. The van der Waals surface area contributed by atoms with Crippen LogP contribution in [0.5, 0.6) is 5.75 Å². The average molecular weight is 279 g/mol. The summed E-state index contributed by atoms with van der Waals surface area (Å²) in [5.74, 6) is 0.883. The molecule has 0 fully saturated rings. The standard InChI is InChI=1S/C18H17NO2/c1-13-6-7-18(21-2)15(10-13)11-19-9-8-16-14(12-20)4-3-5-17(16)19/h3-10,12H,11H2,1-2H3. The van der Waals surface area contributed by atoms with Crippen molar-refractivity contribution in [2.75, 3.05) is 7.11 Å². The Labute approximate surface area is 123 Å². The number of carbonyl (C=O) groups excluding carboxylic acids is 1. The number of hydrogen-bond donors (Lipinski definition) is 0. The summed E-state index contributed by atoms with van der Waals surface area (Å²) in [7, 11) is 1.69. The van der Waals surface area contributed by atoms with Gasteiger partial charge in [-0.2, -0.15) is 0 Å². The number of rotatable bonds is 4. The fraction of sp³-hybridized carbons (Fsp3) is 0.167. The second kappa shape index (κ2) is 5.44. The molecule has 3 heteroatoms. The predicted octanol–water partition coefficient (Wildman–Crippen LogP) is 3.82. The molecule has 0 unspecified atom stereocenters. The van der Waals surface area contributed by atoms with Crippen LogP contribution in [0.2, 0.25) is 0 Å². The number of carbonyl (C=O) groups is 1. The van der Waals surface area contributed by atoms with Gasteiger partial charge >= 0.3 is 0 Å². The van der Waals surface area contributed by atoms with E-state index in [4.69, 9.17) is 4.74 Å². The first-order chi connectivity index (χ1) is 10.2. The molecule has 3 rings (SSSR count). The maximum absolute atomic E-state index is 11.1. The summed E-state index contributed by atoms with van der Waals surface area (Å²) in [6.07, 6.45) is 2.92. The molecular weight excluding hydrogens is 262 g/mol. The smallest absolute Gasteiger partial charge is 0.150 e. The molecule has 0 saturated heterocycles. The minimum absolute atomic E-state index is 0.719. The van der Waals surface area contributed by atoms with Gasteiger partial charge in [0.2, 0.25) is 0 Å². The zero-order valence-corrected chi connectivity index (χ0v) is 12.2. The van der Waals surface area contributed by atoms with Crippen LogP contribution in [0, 0.1) is 6.92 Å². The normalized spacial score (nSPS) is 10.8. The van der Waals surface area contributed by atoms with E-state index in [1.807, 2.05) is 42.6 Å². The van der Waals surface area contributed by atoms with E-state index in [2.05, 4.69) is 17.6 Å². The van der Waals surface area contributed by atoms with Gasteiger partial charge in [0.25, 0.3) is 0 Å². The van der Waals surface area contributed by atoms with Crippen LogP contribution in [-0.2, 0) is 6.54 Å². The molecular formula is C18H17NO2. The SMILES string of the molecule is COc1ccc(C)cc1Cn1ccc2c(C=O)cccc21. The van der Waals surface area contributed by atoms with Crippen molar-refractivity contribution < 1.29 is 9.53 Å². The molecule has 0 spiro atoms. The van der Waals surface area contributed by atoms with Gasteiger partial charge in [-0.15, -0.1) is 0 Å². The summed E-state index contributed by atoms with van der Waals surface area (Å²) in [4.78, 5) is 11.1. The zero-order chi connectivity index (χ0) is 14.8. The van der Waals surface area contributed by atoms with Crippen molar-refractivity contribution in [2.24, 2.45) is 0 Å². The molecule has 0 amide bonds. The highest BCUT2D eigenvalue weighted by molar-refractivity contribution is 5.97. The minimum atomic E-state index is 0.719. The van der Waals surface area contributed by atoms with E-state index in [1.165, 1.54) is 5.56 Å². The van der Waals surface area contributed by atoms with E-state index in [-0.39, 0.29) is 0 Å². The van der Waals surface area contributed by atoms with Gasteiger partial charge in [-0.1, -0.05) is 29.8 Å². The lowest BCUT2D eigenvalue weighted by Gasteiger charge is -2.11. The molecule has 0 saturated carbocycles. The van der Waals surface area contributed by atoms with Crippen molar-refractivity contribution in [2.45, 2.75) is 13.5 Å². The molecule has 1 aromatic heterocycles. The van der Waals surface area contributed by atoms with Crippen LogP contribution < -0.4 is 4.74 Å². The van der Waals surface area contributed by atoms with E-state index < -0.39 is 0 Å². The number of hydrogen-bond acceptors (Lipinski definition) is 2. The average Bonchev–Trinajstić information content (AvgIpc) is 2.91. The van der Waals surface area contributed by atoms with Crippen LogP contribution in [0.1, 0.15) is 21.5 Å². The van der Waals surface area contributed by atoms with Crippen molar-refractivity contribution >= 4 is 17.2 Å². The van der Waals surface area contributed by atoms with Crippen LogP contribution in [0.15, 0.2) is 48.7 Å². The Bertz CT molecular complexity index is 802. The van der Waals surface area contributed by atoms with Crippen molar-refractivity contribution in [3.63, 3.8) is 0 Å². The molecule has 0 bridgehead atoms. The molecule has 0 aliphatic carbocycles. The molecule has 0 N–H and O–H groups in total. The first-order valence-corrected chi connectivity index (χ1v) is 6.89. The van der Waals surface area contributed by atoms with Gasteiger partial charge in [-0.3, -0.25) is 4.79 Å². The third kappa shape index (κ3) is 2.42.